The van der Waals surface area contributed by atoms with E-state index < -0.39 is 11.9 Å². The number of carboxylic acid groups (broad SMARTS) is 2. The minimum absolute atomic E-state index is 0.0324. The van der Waals surface area contributed by atoms with Gasteiger partial charge in [-0.3, -0.25) is 4.79 Å². The quantitative estimate of drug-likeness (QED) is 0.888. The number of hydrogen-bond acceptors (Lipinski definition) is 2. The minimum Gasteiger partial charge on any atom is -0.481 e. The van der Waals surface area contributed by atoms with Gasteiger partial charge in [0, 0.05) is 24.5 Å². The normalized spacial score (nSPS) is 10.4. The van der Waals surface area contributed by atoms with Crippen molar-refractivity contribution in [1.82, 2.24) is 4.57 Å². The number of aryl methyl sites for hydroxylation is 1. The number of aromatic carboxylic acids is 1. The molecule has 0 aliphatic rings. The molecular weight excluding hydrogens is 282 g/mol. The Morgan fingerprint density at radius 1 is 1.20 bits per heavy atom. The molecule has 1 heterocycles. The molecule has 2 aromatic rings. The smallest absolute Gasteiger partial charge is 0.337 e. The second-order valence-corrected chi connectivity index (χ2v) is 4.70. The van der Waals surface area contributed by atoms with Crippen LogP contribution in [0.4, 0.5) is 0 Å². The summed E-state index contributed by atoms with van der Waals surface area (Å²) in [5.74, 6) is -1.94. The molecule has 2 N–H and O–H groups in total. The minimum atomic E-state index is -1.09. The van der Waals surface area contributed by atoms with Crippen LogP contribution >= 0.6 is 11.6 Å². The van der Waals surface area contributed by atoms with Crippen molar-refractivity contribution in [3.8, 4) is 5.69 Å². The summed E-state index contributed by atoms with van der Waals surface area (Å²) < 4.78 is 1.74. The predicted molar refractivity (Wildman–Crippen MR) is 73.7 cm³/mol. The van der Waals surface area contributed by atoms with Gasteiger partial charge in [-0.05, 0) is 36.2 Å². The lowest BCUT2D eigenvalue weighted by atomic mass is 10.2. The Hall–Kier alpha value is -2.27. The summed E-state index contributed by atoms with van der Waals surface area (Å²) in [7, 11) is 0. The van der Waals surface area contributed by atoms with Crippen molar-refractivity contribution >= 4 is 23.5 Å². The number of carbonyl (C=O) groups is 2. The average molecular weight is 294 g/mol. The molecule has 0 amide bonds. The standard InChI is InChI=1S/C14H12ClNO4/c15-12-3-2-10(7-11(12)14(19)20)16-6-5-9(8-16)1-4-13(17)18/h2-3,5-8H,1,4H2,(H,17,18)(H,19,20). The molecule has 0 saturated carbocycles. The number of nitrogens with zero attached hydrogens (tertiary/aromatic N) is 1. The van der Waals surface area contributed by atoms with Gasteiger partial charge >= 0.3 is 11.9 Å². The third-order valence-electron chi connectivity index (χ3n) is 2.86. The van der Waals surface area contributed by atoms with Gasteiger partial charge in [-0.2, -0.15) is 0 Å². The van der Waals surface area contributed by atoms with Crippen LogP contribution in [0, 0.1) is 0 Å². The van der Waals surface area contributed by atoms with Crippen molar-refractivity contribution in [2.24, 2.45) is 0 Å². The number of benzene rings is 1. The molecule has 0 unspecified atom stereocenters. The van der Waals surface area contributed by atoms with Crippen LogP contribution in [0.3, 0.4) is 0 Å². The molecule has 0 atom stereocenters. The summed E-state index contributed by atoms with van der Waals surface area (Å²) in [6, 6.07) is 6.51. The fourth-order valence-electron chi connectivity index (χ4n) is 1.84. The Bertz CT molecular complexity index is 663. The van der Waals surface area contributed by atoms with Gasteiger partial charge in [-0.25, -0.2) is 4.79 Å². The number of halogens is 1. The first kappa shape index (κ1) is 14.1. The number of hydrogen-bond donors (Lipinski definition) is 2. The number of aromatic nitrogens is 1. The van der Waals surface area contributed by atoms with E-state index in [1.54, 1.807) is 29.1 Å². The molecule has 0 saturated heterocycles. The first-order valence-corrected chi connectivity index (χ1v) is 6.27. The Morgan fingerprint density at radius 3 is 2.60 bits per heavy atom. The molecule has 0 spiro atoms. The van der Waals surface area contributed by atoms with Gasteiger partial charge in [0.2, 0.25) is 0 Å². The Kier molecular flexibility index (Phi) is 4.10. The molecule has 104 valence electrons. The average Bonchev–Trinajstić information content (AvgIpc) is 2.85. The highest BCUT2D eigenvalue weighted by Crippen LogP contribution is 2.21. The van der Waals surface area contributed by atoms with E-state index in [0.29, 0.717) is 12.1 Å². The molecule has 0 fully saturated rings. The largest absolute Gasteiger partial charge is 0.481 e. The van der Waals surface area contributed by atoms with Crippen LogP contribution in [0.5, 0.6) is 0 Å². The van der Waals surface area contributed by atoms with E-state index in [1.165, 1.54) is 12.1 Å². The van der Waals surface area contributed by atoms with Crippen LogP contribution in [0.25, 0.3) is 5.69 Å². The molecule has 2 rings (SSSR count). The fourth-order valence-corrected chi connectivity index (χ4v) is 2.04. The van der Waals surface area contributed by atoms with E-state index >= 15 is 0 Å². The number of rotatable bonds is 5. The first-order valence-electron chi connectivity index (χ1n) is 5.89. The van der Waals surface area contributed by atoms with Crippen LogP contribution in [-0.2, 0) is 11.2 Å². The monoisotopic (exact) mass is 293 g/mol. The molecule has 6 heteroatoms. The first-order chi connectivity index (χ1) is 9.47. The molecule has 0 radical (unpaired) electrons. The zero-order chi connectivity index (χ0) is 14.7. The zero-order valence-electron chi connectivity index (χ0n) is 10.4. The van der Waals surface area contributed by atoms with Crippen molar-refractivity contribution in [3.63, 3.8) is 0 Å². The maximum Gasteiger partial charge on any atom is 0.337 e. The second kappa shape index (κ2) is 5.79. The highest BCUT2D eigenvalue weighted by atomic mass is 35.5. The van der Waals surface area contributed by atoms with Gasteiger partial charge in [-0.1, -0.05) is 11.6 Å². The van der Waals surface area contributed by atoms with Gasteiger partial charge in [0.15, 0.2) is 0 Å². The molecule has 20 heavy (non-hydrogen) atoms. The van der Waals surface area contributed by atoms with E-state index in [1.807, 2.05) is 0 Å². The van der Waals surface area contributed by atoms with E-state index in [4.69, 9.17) is 21.8 Å². The van der Waals surface area contributed by atoms with Crippen LogP contribution in [0.1, 0.15) is 22.3 Å². The van der Waals surface area contributed by atoms with Gasteiger partial charge in [-0.15, -0.1) is 0 Å². The third-order valence-corrected chi connectivity index (χ3v) is 3.19. The van der Waals surface area contributed by atoms with Crippen molar-refractivity contribution in [2.45, 2.75) is 12.8 Å². The molecular formula is C14H12ClNO4. The Labute approximate surface area is 120 Å². The van der Waals surface area contributed by atoms with Gasteiger partial charge < -0.3 is 14.8 Å². The lowest BCUT2D eigenvalue weighted by molar-refractivity contribution is -0.136. The van der Waals surface area contributed by atoms with Crippen molar-refractivity contribution in [3.05, 3.63) is 52.8 Å². The highest BCUT2D eigenvalue weighted by Gasteiger charge is 2.10. The van der Waals surface area contributed by atoms with E-state index in [9.17, 15) is 9.59 Å². The van der Waals surface area contributed by atoms with Gasteiger partial charge in [0.25, 0.3) is 0 Å². The SMILES string of the molecule is O=C(O)CCc1ccn(-c2ccc(Cl)c(C(=O)O)c2)c1. The molecule has 1 aromatic heterocycles. The Balaban J connectivity index is 2.26. The van der Waals surface area contributed by atoms with Crippen molar-refractivity contribution in [1.29, 1.82) is 0 Å². The zero-order valence-corrected chi connectivity index (χ0v) is 11.2. The van der Waals surface area contributed by atoms with Crippen LogP contribution in [0.15, 0.2) is 36.7 Å². The molecule has 1 aromatic carbocycles. The molecule has 5 nitrogen and oxygen atoms in total. The fraction of sp³-hybridized carbons (Fsp3) is 0.143. The summed E-state index contributed by atoms with van der Waals surface area (Å²) in [6.07, 6.45) is 4.02. The maximum atomic E-state index is 11.0. The van der Waals surface area contributed by atoms with Crippen LogP contribution in [-0.4, -0.2) is 26.7 Å². The van der Waals surface area contributed by atoms with Crippen molar-refractivity contribution < 1.29 is 19.8 Å². The van der Waals surface area contributed by atoms with E-state index in [-0.39, 0.29) is 17.0 Å². The summed E-state index contributed by atoms with van der Waals surface area (Å²) in [6.45, 7) is 0. The topological polar surface area (TPSA) is 79.5 Å². The maximum absolute atomic E-state index is 11.0. The highest BCUT2D eigenvalue weighted by molar-refractivity contribution is 6.33. The number of carboxylic acids is 2. The van der Waals surface area contributed by atoms with E-state index in [2.05, 4.69) is 0 Å². The van der Waals surface area contributed by atoms with E-state index in [0.717, 1.165) is 5.56 Å². The molecule has 0 bridgehead atoms. The molecule has 0 aliphatic carbocycles. The van der Waals surface area contributed by atoms with Crippen LogP contribution < -0.4 is 0 Å². The summed E-state index contributed by atoms with van der Waals surface area (Å²) in [4.78, 5) is 21.5. The molecule has 0 aliphatic heterocycles. The predicted octanol–water partition coefficient (Wildman–Crippen LogP) is 2.85. The summed E-state index contributed by atoms with van der Waals surface area (Å²) in [5.41, 5.74) is 1.57. The van der Waals surface area contributed by atoms with Gasteiger partial charge in [0.05, 0.1) is 10.6 Å². The Morgan fingerprint density at radius 2 is 1.95 bits per heavy atom. The lowest BCUT2D eigenvalue weighted by Crippen LogP contribution is -2.00. The van der Waals surface area contributed by atoms with Crippen molar-refractivity contribution in [2.75, 3.05) is 0 Å². The summed E-state index contributed by atoms with van der Waals surface area (Å²) in [5, 5.41) is 17.8. The third kappa shape index (κ3) is 3.19. The number of aliphatic carboxylic acids is 1. The second-order valence-electron chi connectivity index (χ2n) is 4.29. The van der Waals surface area contributed by atoms with Crippen LogP contribution in [0.2, 0.25) is 5.02 Å². The summed E-state index contributed by atoms with van der Waals surface area (Å²) >= 11 is 5.81. The van der Waals surface area contributed by atoms with Gasteiger partial charge in [0.1, 0.15) is 0 Å². The lowest BCUT2D eigenvalue weighted by Gasteiger charge is -2.05.